The maximum Gasteiger partial charge on any atom is 0.405 e. The number of likely N-dealkylation sites (tertiary alicyclic amines) is 1. The van der Waals surface area contributed by atoms with Crippen LogP contribution in [0.15, 0.2) is 23.8 Å². The highest BCUT2D eigenvalue weighted by molar-refractivity contribution is 7.16. The second-order valence-corrected chi connectivity index (χ2v) is 8.05. The molecule has 4 rings (SSSR count). The Morgan fingerprint density at radius 2 is 2.00 bits per heavy atom. The number of amides is 2. The summed E-state index contributed by atoms with van der Waals surface area (Å²) in [5, 5.41) is 19.4. The predicted molar refractivity (Wildman–Crippen MR) is 109 cm³/mol. The summed E-state index contributed by atoms with van der Waals surface area (Å²) in [4.78, 5) is 34.5. The van der Waals surface area contributed by atoms with E-state index in [0.29, 0.717) is 23.2 Å². The molecule has 0 unspecified atom stereocenters. The topological polar surface area (TPSA) is 125 Å². The number of halogens is 3. The lowest BCUT2D eigenvalue weighted by Crippen LogP contribution is -2.46. The van der Waals surface area contributed by atoms with E-state index in [2.05, 4.69) is 25.7 Å². The molecule has 4 heterocycles. The Bertz CT molecular complexity index is 1140. The van der Waals surface area contributed by atoms with Gasteiger partial charge in [-0.15, -0.1) is 11.3 Å². The number of carbonyl (C=O) groups is 2. The van der Waals surface area contributed by atoms with Crippen LogP contribution >= 0.6 is 11.3 Å². The number of hydrogen-bond acceptors (Lipinski definition) is 7. The maximum absolute atomic E-state index is 13.0. The number of hydrogen-bond donors (Lipinski definition) is 3. The van der Waals surface area contributed by atoms with E-state index in [9.17, 15) is 22.8 Å². The molecule has 1 aliphatic rings. The van der Waals surface area contributed by atoms with Gasteiger partial charge in [0.2, 0.25) is 0 Å². The minimum atomic E-state index is -4.47. The minimum absolute atomic E-state index is 0.0553. The molecule has 3 N–H and O–H groups in total. The van der Waals surface area contributed by atoms with E-state index < -0.39 is 24.7 Å². The van der Waals surface area contributed by atoms with E-state index in [4.69, 9.17) is 5.11 Å². The van der Waals surface area contributed by atoms with E-state index >= 15 is 0 Å². The Labute approximate surface area is 183 Å². The quantitative estimate of drug-likeness (QED) is 0.525. The number of rotatable bonds is 5. The Balaban J connectivity index is 1.61. The van der Waals surface area contributed by atoms with Gasteiger partial charge >= 0.3 is 12.3 Å². The van der Waals surface area contributed by atoms with Gasteiger partial charge in [0.15, 0.2) is 5.82 Å². The van der Waals surface area contributed by atoms with Crippen molar-refractivity contribution in [2.75, 3.05) is 25.0 Å². The highest BCUT2D eigenvalue weighted by atomic mass is 32.1. The lowest BCUT2D eigenvalue weighted by molar-refractivity contribution is -0.115. The molecule has 0 spiro atoms. The molecule has 14 heteroatoms. The Morgan fingerprint density at radius 3 is 2.69 bits per heavy atom. The molecular weight excluding hydrogens is 451 g/mol. The Kier molecular flexibility index (Phi) is 5.86. The van der Waals surface area contributed by atoms with Gasteiger partial charge in [-0.1, -0.05) is 0 Å². The summed E-state index contributed by atoms with van der Waals surface area (Å²) in [6.45, 7) is -0.736. The number of anilines is 1. The van der Waals surface area contributed by atoms with Crippen molar-refractivity contribution in [2.24, 2.45) is 0 Å². The monoisotopic (exact) mass is 469 g/mol. The number of carbonyl (C=O) groups excluding carboxylic acids is 1. The van der Waals surface area contributed by atoms with Crippen LogP contribution in [0, 0.1) is 0 Å². The van der Waals surface area contributed by atoms with Crippen LogP contribution in [0.25, 0.3) is 16.2 Å². The number of carboxylic acid groups (broad SMARTS) is 1. The third kappa shape index (κ3) is 4.90. The van der Waals surface area contributed by atoms with E-state index in [1.165, 1.54) is 28.5 Å². The van der Waals surface area contributed by atoms with Crippen LogP contribution in [-0.4, -0.2) is 73.4 Å². The standard InChI is InChI=1S/C18H18F3N7O3S/c19-18(20,21)9-22-13-7-12(15(29)27-3-1-10(2-4-27)24-17(30)31)25-14(26-13)11-8-23-28-5-6-32-16(11)28/h5-8,10,24H,1-4,9H2,(H,30,31)(H,22,25,26). The van der Waals surface area contributed by atoms with Crippen LogP contribution in [0.3, 0.4) is 0 Å². The van der Waals surface area contributed by atoms with Crippen LogP contribution in [-0.2, 0) is 0 Å². The highest BCUT2D eigenvalue weighted by Gasteiger charge is 2.29. The number of alkyl halides is 3. The van der Waals surface area contributed by atoms with Crippen molar-refractivity contribution in [3.8, 4) is 11.4 Å². The van der Waals surface area contributed by atoms with Crippen molar-refractivity contribution >= 4 is 34.0 Å². The summed E-state index contributed by atoms with van der Waals surface area (Å²) in [6.07, 6.45) is -1.53. The first-order valence-corrected chi connectivity index (χ1v) is 10.5. The van der Waals surface area contributed by atoms with Gasteiger partial charge in [-0.2, -0.15) is 18.3 Å². The number of fused-ring (bicyclic) bond motifs is 1. The first-order chi connectivity index (χ1) is 15.2. The van der Waals surface area contributed by atoms with Crippen LogP contribution in [0.1, 0.15) is 23.3 Å². The zero-order chi connectivity index (χ0) is 22.9. The zero-order valence-corrected chi connectivity index (χ0v) is 17.3. The number of thiazole rings is 1. The third-order valence-electron chi connectivity index (χ3n) is 4.90. The molecular formula is C18H18F3N7O3S. The molecule has 3 aromatic rings. The Hall–Kier alpha value is -3.42. The van der Waals surface area contributed by atoms with Crippen molar-refractivity contribution < 1.29 is 27.9 Å². The molecule has 0 aliphatic carbocycles. The second-order valence-electron chi connectivity index (χ2n) is 7.16. The number of aromatic nitrogens is 4. The summed E-state index contributed by atoms with van der Waals surface area (Å²) in [7, 11) is 0. The molecule has 1 aliphatic heterocycles. The largest absolute Gasteiger partial charge is 0.465 e. The molecule has 3 aromatic heterocycles. The third-order valence-corrected chi connectivity index (χ3v) is 5.79. The molecule has 0 atom stereocenters. The van der Waals surface area contributed by atoms with E-state index in [-0.39, 0.29) is 36.5 Å². The lowest BCUT2D eigenvalue weighted by atomic mass is 10.0. The van der Waals surface area contributed by atoms with Gasteiger partial charge in [0.05, 0.1) is 11.8 Å². The summed E-state index contributed by atoms with van der Waals surface area (Å²) in [6, 6.07) is 0.926. The fourth-order valence-electron chi connectivity index (χ4n) is 3.40. The number of nitrogens with one attached hydrogen (secondary N) is 2. The summed E-state index contributed by atoms with van der Waals surface area (Å²) >= 11 is 1.36. The van der Waals surface area contributed by atoms with Crippen molar-refractivity contribution in [2.45, 2.75) is 25.1 Å². The molecule has 32 heavy (non-hydrogen) atoms. The molecule has 1 saturated heterocycles. The second kappa shape index (κ2) is 8.61. The minimum Gasteiger partial charge on any atom is -0.465 e. The van der Waals surface area contributed by atoms with Gasteiger partial charge in [-0.3, -0.25) is 4.79 Å². The fraction of sp³-hybridized carbons (Fsp3) is 0.389. The average molecular weight is 469 g/mol. The maximum atomic E-state index is 13.0. The Morgan fingerprint density at radius 1 is 1.25 bits per heavy atom. The predicted octanol–water partition coefficient (Wildman–Crippen LogP) is 2.70. The molecule has 2 amide bonds. The summed E-state index contributed by atoms with van der Waals surface area (Å²) < 4.78 is 39.7. The van der Waals surface area contributed by atoms with Crippen molar-refractivity contribution in [3.05, 3.63) is 29.5 Å². The van der Waals surface area contributed by atoms with Gasteiger partial charge in [-0.25, -0.2) is 19.3 Å². The van der Waals surface area contributed by atoms with Gasteiger partial charge in [0, 0.05) is 36.8 Å². The van der Waals surface area contributed by atoms with E-state index in [1.807, 2.05) is 0 Å². The SMILES string of the molecule is O=C(O)NC1CCN(C(=O)c2cc(NCC(F)(F)F)nc(-c3cnn4ccsc34)n2)CC1. The molecule has 1 fully saturated rings. The summed E-state index contributed by atoms with van der Waals surface area (Å²) in [5.74, 6) is -0.513. The molecule has 0 radical (unpaired) electrons. The van der Waals surface area contributed by atoms with Gasteiger partial charge in [-0.05, 0) is 12.8 Å². The van der Waals surface area contributed by atoms with Crippen LogP contribution in [0.4, 0.5) is 23.8 Å². The first kappa shape index (κ1) is 21.8. The van der Waals surface area contributed by atoms with Gasteiger partial charge in [0.25, 0.3) is 5.91 Å². The zero-order valence-electron chi connectivity index (χ0n) is 16.5. The smallest absolute Gasteiger partial charge is 0.405 e. The molecule has 0 bridgehead atoms. The van der Waals surface area contributed by atoms with Gasteiger partial charge in [0.1, 0.15) is 22.9 Å². The van der Waals surface area contributed by atoms with E-state index in [1.54, 1.807) is 16.1 Å². The lowest BCUT2D eigenvalue weighted by Gasteiger charge is -2.31. The average Bonchev–Trinajstić information content (AvgIpc) is 3.35. The van der Waals surface area contributed by atoms with Gasteiger partial charge < -0.3 is 20.6 Å². The fourth-order valence-corrected chi connectivity index (χ4v) is 4.19. The van der Waals surface area contributed by atoms with E-state index in [0.717, 1.165) is 0 Å². The summed E-state index contributed by atoms with van der Waals surface area (Å²) in [5.41, 5.74) is 0.439. The number of piperidine rings is 1. The normalized spacial score (nSPS) is 15.2. The molecule has 0 aromatic carbocycles. The first-order valence-electron chi connectivity index (χ1n) is 9.59. The van der Waals surface area contributed by atoms with Crippen molar-refractivity contribution in [1.29, 1.82) is 0 Å². The van der Waals surface area contributed by atoms with Crippen LogP contribution < -0.4 is 10.6 Å². The van der Waals surface area contributed by atoms with Crippen molar-refractivity contribution in [3.63, 3.8) is 0 Å². The number of nitrogens with zero attached hydrogens (tertiary/aromatic N) is 5. The van der Waals surface area contributed by atoms with Crippen molar-refractivity contribution in [1.82, 2.24) is 29.8 Å². The molecule has 10 nitrogen and oxygen atoms in total. The van der Waals surface area contributed by atoms with Crippen LogP contribution in [0.5, 0.6) is 0 Å². The molecule has 0 saturated carbocycles. The highest BCUT2D eigenvalue weighted by Crippen LogP contribution is 2.27. The molecule has 170 valence electrons. The van der Waals surface area contributed by atoms with Crippen LogP contribution in [0.2, 0.25) is 0 Å².